The first-order valence-corrected chi connectivity index (χ1v) is 4.86. The predicted molar refractivity (Wildman–Crippen MR) is 63.6 cm³/mol. The molecule has 0 saturated carbocycles. The number of hydrogen-bond acceptors (Lipinski definition) is 2. The van der Waals surface area contributed by atoms with E-state index in [-0.39, 0.29) is 5.56 Å². The maximum atomic E-state index is 11.3. The van der Waals surface area contributed by atoms with Gasteiger partial charge < -0.3 is 9.30 Å². The topological polar surface area (TPSA) is 31.2 Å². The Balaban J connectivity index is 2.36. The Morgan fingerprint density at radius 1 is 1.25 bits per heavy atom. The maximum Gasteiger partial charge on any atom is 0.249 e. The SMILES string of the molecule is [B]c1cc(=O)n(C)cc1Oc1ccccc1. The van der Waals surface area contributed by atoms with Crippen molar-refractivity contribution in [3.63, 3.8) is 0 Å². The van der Waals surface area contributed by atoms with Crippen molar-refractivity contribution >= 4 is 13.3 Å². The molecule has 0 spiro atoms. The number of benzene rings is 1. The molecule has 1 heterocycles. The van der Waals surface area contributed by atoms with Crippen molar-refractivity contribution in [2.24, 2.45) is 7.05 Å². The zero-order valence-electron chi connectivity index (χ0n) is 8.88. The van der Waals surface area contributed by atoms with Gasteiger partial charge in [0.15, 0.2) is 0 Å². The molecule has 3 nitrogen and oxygen atoms in total. The number of hydrogen-bond donors (Lipinski definition) is 0. The van der Waals surface area contributed by atoms with Gasteiger partial charge in [-0.3, -0.25) is 4.79 Å². The van der Waals surface area contributed by atoms with Crippen molar-refractivity contribution in [1.82, 2.24) is 4.57 Å². The van der Waals surface area contributed by atoms with Crippen molar-refractivity contribution in [3.05, 3.63) is 52.9 Å². The second-order valence-corrected chi connectivity index (χ2v) is 3.46. The highest BCUT2D eigenvalue weighted by molar-refractivity contribution is 6.34. The zero-order valence-corrected chi connectivity index (χ0v) is 8.88. The van der Waals surface area contributed by atoms with Gasteiger partial charge in [0.1, 0.15) is 19.3 Å². The van der Waals surface area contributed by atoms with E-state index in [1.807, 2.05) is 30.3 Å². The third-order valence-corrected chi connectivity index (χ3v) is 2.19. The monoisotopic (exact) mass is 211 g/mol. The molecule has 4 heteroatoms. The van der Waals surface area contributed by atoms with Gasteiger partial charge in [0.25, 0.3) is 0 Å². The molecule has 0 aliphatic heterocycles. The fourth-order valence-corrected chi connectivity index (χ4v) is 1.32. The molecule has 1 aromatic carbocycles. The van der Waals surface area contributed by atoms with Gasteiger partial charge in [0.05, 0.1) is 0 Å². The summed E-state index contributed by atoms with van der Waals surface area (Å²) in [7, 11) is 7.35. The van der Waals surface area contributed by atoms with Gasteiger partial charge in [-0.15, -0.1) is 0 Å². The second-order valence-electron chi connectivity index (χ2n) is 3.46. The number of aromatic nitrogens is 1. The number of nitrogens with zero attached hydrogens (tertiary/aromatic N) is 1. The Bertz CT molecular complexity index is 549. The molecule has 0 N–H and O–H groups in total. The fourth-order valence-electron chi connectivity index (χ4n) is 1.32. The predicted octanol–water partition coefficient (Wildman–Crippen LogP) is 0.971. The first-order chi connectivity index (χ1) is 7.66. The average Bonchev–Trinajstić information content (AvgIpc) is 2.27. The summed E-state index contributed by atoms with van der Waals surface area (Å²) in [5.74, 6) is 1.17. The smallest absolute Gasteiger partial charge is 0.249 e. The normalized spacial score (nSPS) is 10.1. The molecule has 0 bridgehead atoms. The minimum atomic E-state index is -0.155. The summed E-state index contributed by atoms with van der Waals surface area (Å²) in [5, 5.41) is 0. The van der Waals surface area contributed by atoms with Crippen LogP contribution in [0.2, 0.25) is 0 Å². The van der Waals surface area contributed by atoms with Gasteiger partial charge in [-0.1, -0.05) is 18.2 Å². The molecule has 0 atom stereocenters. The molecule has 0 amide bonds. The van der Waals surface area contributed by atoms with E-state index in [2.05, 4.69) is 0 Å². The van der Waals surface area contributed by atoms with Gasteiger partial charge in [-0.2, -0.15) is 0 Å². The van der Waals surface area contributed by atoms with Crippen LogP contribution in [0.25, 0.3) is 0 Å². The van der Waals surface area contributed by atoms with E-state index in [4.69, 9.17) is 12.6 Å². The highest BCUT2D eigenvalue weighted by Crippen LogP contribution is 2.17. The molecule has 2 radical (unpaired) electrons. The van der Waals surface area contributed by atoms with Crippen LogP contribution in [0.5, 0.6) is 11.5 Å². The highest BCUT2D eigenvalue weighted by Gasteiger charge is 2.02. The lowest BCUT2D eigenvalue weighted by Gasteiger charge is -2.09. The van der Waals surface area contributed by atoms with Crippen LogP contribution in [-0.2, 0) is 7.05 Å². The largest absolute Gasteiger partial charge is 0.456 e. The van der Waals surface area contributed by atoms with E-state index in [0.29, 0.717) is 17.0 Å². The summed E-state index contributed by atoms with van der Waals surface area (Å²) in [5.41, 5.74) is 0.185. The summed E-state index contributed by atoms with van der Waals surface area (Å²) in [6, 6.07) is 10.6. The van der Waals surface area contributed by atoms with E-state index in [1.165, 1.54) is 10.6 Å². The highest BCUT2D eigenvalue weighted by atomic mass is 16.5. The lowest BCUT2D eigenvalue weighted by atomic mass is 9.96. The summed E-state index contributed by atoms with van der Waals surface area (Å²) in [6.45, 7) is 0. The van der Waals surface area contributed by atoms with Gasteiger partial charge in [0.2, 0.25) is 5.56 Å². The van der Waals surface area contributed by atoms with Crippen LogP contribution in [0.4, 0.5) is 0 Å². The second kappa shape index (κ2) is 4.27. The minimum absolute atomic E-state index is 0.155. The Labute approximate surface area is 94.7 Å². The Hall–Kier alpha value is -1.97. The molecule has 2 aromatic rings. The zero-order chi connectivity index (χ0) is 11.5. The number of para-hydroxylation sites is 1. The van der Waals surface area contributed by atoms with Crippen LogP contribution in [0, 0.1) is 0 Å². The third-order valence-electron chi connectivity index (χ3n) is 2.19. The third kappa shape index (κ3) is 2.16. The Morgan fingerprint density at radius 2 is 1.94 bits per heavy atom. The van der Waals surface area contributed by atoms with Crippen molar-refractivity contribution in [1.29, 1.82) is 0 Å². The van der Waals surface area contributed by atoms with E-state index < -0.39 is 0 Å². The molecule has 2 rings (SSSR count). The van der Waals surface area contributed by atoms with Crippen LogP contribution in [0.1, 0.15) is 0 Å². The van der Waals surface area contributed by atoms with Crippen molar-refractivity contribution in [3.8, 4) is 11.5 Å². The molecule has 0 aliphatic carbocycles. The lowest BCUT2D eigenvalue weighted by Crippen LogP contribution is -2.22. The Kier molecular flexibility index (Phi) is 2.81. The van der Waals surface area contributed by atoms with E-state index in [9.17, 15) is 4.79 Å². The van der Waals surface area contributed by atoms with Crippen molar-refractivity contribution in [2.75, 3.05) is 0 Å². The lowest BCUT2D eigenvalue weighted by molar-refractivity contribution is 0.480. The summed E-state index contributed by atoms with van der Waals surface area (Å²) >= 11 is 0. The summed E-state index contributed by atoms with van der Waals surface area (Å²) < 4.78 is 6.99. The van der Waals surface area contributed by atoms with Crippen LogP contribution in [0.3, 0.4) is 0 Å². The first kappa shape index (κ1) is 10.5. The average molecular weight is 211 g/mol. The molecule has 0 saturated heterocycles. The molecular formula is C12H10BNO2. The van der Waals surface area contributed by atoms with E-state index in [0.717, 1.165) is 0 Å². The van der Waals surface area contributed by atoms with Crippen LogP contribution >= 0.6 is 0 Å². The van der Waals surface area contributed by atoms with Crippen LogP contribution in [-0.4, -0.2) is 12.4 Å². The quantitative estimate of drug-likeness (QED) is 0.693. The molecule has 0 aliphatic rings. The van der Waals surface area contributed by atoms with Crippen molar-refractivity contribution < 1.29 is 4.74 Å². The van der Waals surface area contributed by atoms with Gasteiger partial charge in [0, 0.05) is 19.3 Å². The first-order valence-electron chi connectivity index (χ1n) is 4.86. The number of rotatable bonds is 2. The van der Waals surface area contributed by atoms with E-state index >= 15 is 0 Å². The van der Waals surface area contributed by atoms with Gasteiger partial charge >= 0.3 is 0 Å². The van der Waals surface area contributed by atoms with Gasteiger partial charge in [-0.25, -0.2) is 0 Å². The maximum absolute atomic E-state index is 11.3. The molecular weight excluding hydrogens is 201 g/mol. The Morgan fingerprint density at radius 3 is 2.62 bits per heavy atom. The molecule has 0 unspecified atom stereocenters. The molecule has 78 valence electrons. The van der Waals surface area contributed by atoms with Crippen LogP contribution in [0.15, 0.2) is 47.4 Å². The number of aryl methyl sites for hydroxylation is 1. The van der Waals surface area contributed by atoms with Gasteiger partial charge in [-0.05, 0) is 17.6 Å². The standard InChI is InChI=1S/C12H10BNO2/c1-14-8-11(10(13)7-12(14)15)16-9-5-3-2-4-6-9/h2-8H,1H3. The van der Waals surface area contributed by atoms with E-state index in [1.54, 1.807) is 13.2 Å². The van der Waals surface area contributed by atoms with Crippen molar-refractivity contribution in [2.45, 2.75) is 0 Å². The summed E-state index contributed by atoms with van der Waals surface area (Å²) in [4.78, 5) is 11.3. The molecule has 0 fully saturated rings. The summed E-state index contributed by atoms with van der Waals surface area (Å²) in [6.07, 6.45) is 1.57. The fraction of sp³-hybridized carbons (Fsp3) is 0.0833. The minimum Gasteiger partial charge on any atom is -0.456 e. The number of ether oxygens (including phenoxy) is 1. The number of pyridine rings is 1. The van der Waals surface area contributed by atoms with Crippen LogP contribution < -0.4 is 15.8 Å². The molecule has 16 heavy (non-hydrogen) atoms. The molecule has 1 aromatic heterocycles.